The molecule has 0 saturated carbocycles. The first kappa shape index (κ1) is 20.2. The van der Waals surface area contributed by atoms with Gasteiger partial charge in [0.15, 0.2) is 11.5 Å². The van der Waals surface area contributed by atoms with E-state index in [2.05, 4.69) is 4.98 Å². The van der Waals surface area contributed by atoms with E-state index in [1.54, 1.807) is 43.5 Å². The van der Waals surface area contributed by atoms with E-state index in [0.29, 0.717) is 36.1 Å². The molecule has 0 unspecified atom stereocenters. The lowest BCUT2D eigenvalue weighted by Gasteiger charge is -2.18. The van der Waals surface area contributed by atoms with Gasteiger partial charge in [0.05, 0.1) is 13.3 Å². The van der Waals surface area contributed by atoms with Gasteiger partial charge in [0.25, 0.3) is 0 Å². The molecule has 158 valence electrons. The fourth-order valence-electron chi connectivity index (χ4n) is 3.41. The van der Waals surface area contributed by atoms with Crippen LogP contribution in [-0.2, 0) is 13.2 Å². The van der Waals surface area contributed by atoms with E-state index in [4.69, 9.17) is 9.47 Å². The maximum atomic E-state index is 11.7. The topological polar surface area (TPSA) is 82.1 Å². The largest absolute Gasteiger partial charge is 0.493 e. The van der Waals surface area contributed by atoms with E-state index in [9.17, 15) is 10.1 Å². The Bertz CT molecular complexity index is 1210. The Kier molecular flexibility index (Phi) is 5.70. The van der Waals surface area contributed by atoms with Crippen molar-refractivity contribution in [3.63, 3.8) is 0 Å². The highest BCUT2D eigenvalue weighted by molar-refractivity contribution is 5.63. The summed E-state index contributed by atoms with van der Waals surface area (Å²) in [7, 11) is 3.37. The van der Waals surface area contributed by atoms with Crippen molar-refractivity contribution >= 4 is 17.3 Å². The summed E-state index contributed by atoms with van der Waals surface area (Å²) in [5.74, 6) is 1.48. The Morgan fingerprint density at radius 2 is 1.81 bits per heavy atom. The number of nitrogens with zero attached hydrogens (tertiary/aromatic N) is 4. The third kappa shape index (κ3) is 4.28. The highest BCUT2D eigenvalue weighted by Gasteiger charge is 2.25. The summed E-state index contributed by atoms with van der Waals surface area (Å²) < 4.78 is 12.9. The van der Waals surface area contributed by atoms with Gasteiger partial charge in [0.2, 0.25) is 11.5 Å². The van der Waals surface area contributed by atoms with E-state index in [1.165, 1.54) is 4.40 Å². The van der Waals surface area contributed by atoms with Crippen molar-refractivity contribution in [1.29, 1.82) is 0 Å². The molecule has 0 atom stereocenters. The van der Waals surface area contributed by atoms with Crippen LogP contribution < -0.4 is 14.4 Å². The number of benzene rings is 2. The predicted molar refractivity (Wildman–Crippen MR) is 118 cm³/mol. The highest BCUT2D eigenvalue weighted by atomic mass is 16.6. The minimum atomic E-state index is -0.410. The van der Waals surface area contributed by atoms with Crippen molar-refractivity contribution in [3.05, 3.63) is 94.2 Å². The number of pyridine rings is 1. The first-order valence-corrected chi connectivity index (χ1v) is 9.73. The zero-order valence-corrected chi connectivity index (χ0v) is 17.3. The Morgan fingerprint density at radius 1 is 1.03 bits per heavy atom. The summed E-state index contributed by atoms with van der Waals surface area (Å²) in [6.45, 7) is 0.851. The Balaban J connectivity index is 1.55. The van der Waals surface area contributed by atoms with Crippen LogP contribution >= 0.6 is 0 Å². The SMILES string of the molecule is COc1cc(CN(C)c2nc3ccccn3c2[N+](=O)[O-])ccc1OCc1ccccc1. The Morgan fingerprint density at radius 3 is 2.55 bits per heavy atom. The van der Waals surface area contributed by atoms with Crippen LogP contribution in [0, 0.1) is 10.1 Å². The van der Waals surface area contributed by atoms with Gasteiger partial charge in [-0.15, -0.1) is 0 Å². The fraction of sp³-hybridized carbons (Fsp3) is 0.174. The first-order chi connectivity index (χ1) is 15.1. The molecule has 0 aliphatic heterocycles. The van der Waals surface area contributed by atoms with Gasteiger partial charge >= 0.3 is 5.82 Å². The number of hydrogen-bond acceptors (Lipinski definition) is 6. The zero-order chi connectivity index (χ0) is 21.8. The highest BCUT2D eigenvalue weighted by Crippen LogP contribution is 2.32. The predicted octanol–water partition coefficient (Wildman–Crippen LogP) is 4.47. The molecule has 31 heavy (non-hydrogen) atoms. The molecule has 4 rings (SSSR count). The zero-order valence-electron chi connectivity index (χ0n) is 17.3. The van der Waals surface area contributed by atoms with Crippen molar-refractivity contribution < 1.29 is 14.4 Å². The molecule has 0 radical (unpaired) electrons. The van der Waals surface area contributed by atoms with Gasteiger partial charge < -0.3 is 24.5 Å². The monoisotopic (exact) mass is 418 g/mol. The van der Waals surface area contributed by atoms with Gasteiger partial charge in [-0.3, -0.25) is 0 Å². The van der Waals surface area contributed by atoms with Crippen LogP contribution in [0.4, 0.5) is 11.6 Å². The molecular formula is C23H22N4O4. The summed E-state index contributed by atoms with van der Waals surface area (Å²) in [6.07, 6.45) is 1.64. The Labute approximate surface area is 179 Å². The number of methoxy groups -OCH3 is 1. The number of aromatic nitrogens is 2. The number of fused-ring (bicyclic) bond motifs is 1. The van der Waals surface area contributed by atoms with Crippen molar-refractivity contribution in [1.82, 2.24) is 9.38 Å². The second kappa shape index (κ2) is 8.74. The van der Waals surface area contributed by atoms with Crippen LogP contribution in [0.3, 0.4) is 0 Å². The first-order valence-electron chi connectivity index (χ1n) is 9.73. The van der Waals surface area contributed by atoms with Crippen molar-refractivity contribution in [2.75, 3.05) is 19.1 Å². The number of nitro groups is 1. The Hall–Kier alpha value is -4.07. The molecule has 0 spiro atoms. The van der Waals surface area contributed by atoms with Crippen molar-refractivity contribution in [2.45, 2.75) is 13.2 Å². The normalized spacial score (nSPS) is 10.8. The number of hydrogen-bond donors (Lipinski definition) is 0. The summed E-state index contributed by atoms with van der Waals surface area (Å²) in [4.78, 5) is 17.5. The molecule has 2 aromatic carbocycles. The van der Waals surface area contributed by atoms with E-state index in [-0.39, 0.29) is 5.82 Å². The number of anilines is 1. The summed E-state index contributed by atoms with van der Waals surface area (Å²) in [5, 5.41) is 11.7. The minimum Gasteiger partial charge on any atom is -0.493 e. The van der Waals surface area contributed by atoms with Crippen molar-refractivity contribution in [3.8, 4) is 11.5 Å². The van der Waals surface area contributed by atoms with Crippen LogP contribution in [0.5, 0.6) is 11.5 Å². The molecule has 0 fully saturated rings. The van der Waals surface area contributed by atoms with Crippen LogP contribution in [0.25, 0.3) is 5.65 Å². The molecule has 0 aliphatic carbocycles. The quantitative estimate of drug-likeness (QED) is 0.310. The number of imidazole rings is 1. The molecule has 8 heteroatoms. The summed E-state index contributed by atoms with van der Waals surface area (Å²) in [6, 6.07) is 20.8. The van der Waals surface area contributed by atoms with E-state index < -0.39 is 4.92 Å². The van der Waals surface area contributed by atoms with Crippen molar-refractivity contribution in [2.24, 2.45) is 0 Å². The van der Waals surface area contributed by atoms with Gasteiger partial charge in [0.1, 0.15) is 6.61 Å². The lowest BCUT2D eigenvalue weighted by Crippen LogP contribution is -2.18. The lowest BCUT2D eigenvalue weighted by atomic mass is 10.2. The number of ether oxygens (including phenoxy) is 2. The molecule has 0 aliphatic rings. The third-order valence-electron chi connectivity index (χ3n) is 4.91. The average Bonchev–Trinajstić information content (AvgIpc) is 3.19. The maximum absolute atomic E-state index is 11.7. The molecule has 0 saturated heterocycles. The molecule has 8 nitrogen and oxygen atoms in total. The van der Waals surface area contributed by atoms with Crippen LogP contribution in [-0.4, -0.2) is 28.5 Å². The molecule has 0 bridgehead atoms. The van der Waals surface area contributed by atoms with Crippen LogP contribution in [0.1, 0.15) is 11.1 Å². The summed E-state index contributed by atoms with van der Waals surface area (Å²) in [5.41, 5.74) is 2.50. The van der Waals surface area contributed by atoms with E-state index in [0.717, 1.165) is 11.1 Å². The molecule has 4 aromatic rings. The van der Waals surface area contributed by atoms with Gasteiger partial charge in [-0.05, 0) is 34.2 Å². The van der Waals surface area contributed by atoms with Crippen LogP contribution in [0.15, 0.2) is 72.9 Å². The second-order valence-corrected chi connectivity index (χ2v) is 7.06. The third-order valence-corrected chi connectivity index (χ3v) is 4.91. The number of rotatable bonds is 8. The average molecular weight is 418 g/mol. The minimum absolute atomic E-state index is 0.0621. The lowest BCUT2D eigenvalue weighted by molar-refractivity contribution is -0.389. The van der Waals surface area contributed by atoms with Gasteiger partial charge in [-0.1, -0.05) is 42.5 Å². The smallest absolute Gasteiger partial charge is 0.372 e. The molecule has 2 heterocycles. The maximum Gasteiger partial charge on any atom is 0.372 e. The van der Waals surface area contributed by atoms with Crippen LogP contribution in [0.2, 0.25) is 0 Å². The summed E-state index contributed by atoms with van der Waals surface area (Å²) >= 11 is 0. The molecule has 0 N–H and O–H groups in total. The van der Waals surface area contributed by atoms with Gasteiger partial charge in [-0.25, -0.2) is 0 Å². The van der Waals surface area contributed by atoms with E-state index >= 15 is 0 Å². The van der Waals surface area contributed by atoms with Gasteiger partial charge in [-0.2, -0.15) is 9.38 Å². The second-order valence-electron chi connectivity index (χ2n) is 7.06. The van der Waals surface area contributed by atoms with Gasteiger partial charge in [0, 0.05) is 19.7 Å². The standard InChI is InChI=1S/C23H22N4O4/c1-25(22-23(27(28)29)26-13-7-6-10-21(26)24-22)15-18-11-12-19(20(14-18)30-2)31-16-17-8-4-3-5-9-17/h3-14H,15-16H2,1-2H3. The molecule has 2 aromatic heterocycles. The van der Waals surface area contributed by atoms with E-state index in [1.807, 2.05) is 48.5 Å². The molecular weight excluding hydrogens is 396 g/mol. The molecule has 0 amide bonds. The fourth-order valence-corrected chi connectivity index (χ4v) is 3.41.